The van der Waals surface area contributed by atoms with Crippen molar-refractivity contribution in [3.63, 3.8) is 0 Å². The molecule has 3 heterocycles. The van der Waals surface area contributed by atoms with Crippen LogP contribution in [0.5, 0.6) is 0 Å². The third-order valence-electron chi connectivity index (χ3n) is 3.88. The van der Waals surface area contributed by atoms with Gasteiger partial charge in [0.05, 0.1) is 12.1 Å². The standard InChI is InChI=1S/C14H19N5O2.2CH2O2/c1-3-18-8-11(12(9-18)21-2)16-14(20)10-7-13-15-5-4-6-19(13)17-10;2*2-1-3/h4-7,11-12H,3,8-9H2,1-2H3,(H,16,20);2*1H,(H,2,3)/t11-,12-;;/m0../s1. The van der Waals surface area contributed by atoms with Crippen molar-refractivity contribution in [3.8, 4) is 0 Å². The summed E-state index contributed by atoms with van der Waals surface area (Å²) in [5.74, 6) is -0.189. The molecule has 0 aliphatic carbocycles. The number of likely N-dealkylation sites (tertiary alicyclic amines) is 1. The molecule has 3 N–H and O–H groups in total. The predicted molar refractivity (Wildman–Crippen MR) is 94.5 cm³/mol. The minimum atomic E-state index is -0.250. The van der Waals surface area contributed by atoms with E-state index in [-0.39, 0.29) is 31.0 Å². The van der Waals surface area contributed by atoms with Crippen molar-refractivity contribution in [2.45, 2.75) is 19.1 Å². The van der Waals surface area contributed by atoms with Gasteiger partial charge in [0, 0.05) is 38.7 Å². The highest BCUT2D eigenvalue weighted by atomic mass is 16.5. The van der Waals surface area contributed by atoms with Crippen LogP contribution in [0.3, 0.4) is 0 Å². The number of amides is 1. The number of likely N-dealkylation sites (N-methyl/N-ethyl adjacent to an activating group) is 1. The molecule has 1 fully saturated rings. The van der Waals surface area contributed by atoms with E-state index < -0.39 is 0 Å². The molecule has 0 saturated carbocycles. The van der Waals surface area contributed by atoms with Crippen LogP contribution in [-0.2, 0) is 14.3 Å². The Hall–Kier alpha value is -3.05. The summed E-state index contributed by atoms with van der Waals surface area (Å²) >= 11 is 0. The Balaban J connectivity index is 0.000000540. The second kappa shape index (κ2) is 11.5. The molecule has 3 rings (SSSR count). The number of carbonyl (C=O) groups excluding carboxylic acids is 1. The Morgan fingerprint density at radius 3 is 2.59 bits per heavy atom. The molecule has 1 aliphatic rings. The van der Waals surface area contributed by atoms with Gasteiger partial charge in [-0.1, -0.05) is 6.92 Å². The van der Waals surface area contributed by atoms with Gasteiger partial charge in [-0.25, -0.2) is 9.50 Å². The van der Waals surface area contributed by atoms with Gasteiger partial charge in [-0.05, 0) is 12.6 Å². The molecule has 0 radical (unpaired) electrons. The Morgan fingerprint density at radius 2 is 2.04 bits per heavy atom. The van der Waals surface area contributed by atoms with E-state index in [4.69, 9.17) is 24.5 Å². The Morgan fingerprint density at radius 1 is 1.37 bits per heavy atom. The molecule has 0 bridgehead atoms. The summed E-state index contributed by atoms with van der Waals surface area (Å²) in [5.41, 5.74) is 1.03. The van der Waals surface area contributed by atoms with Gasteiger partial charge in [-0.3, -0.25) is 19.3 Å². The monoisotopic (exact) mass is 381 g/mol. The Labute approximate surface area is 155 Å². The third kappa shape index (κ3) is 6.31. The molecule has 0 aromatic carbocycles. The van der Waals surface area contributed by atoms with Gasteiger partial charge < -0.3 is 20.3 Å². The van der Waals surface area contributed by atoms with Crippen molar-refractivity contribution in [3.05, 3.63) is 30.2 Å². The summed E-state index contributed by atoms with van der Waals surface area (Å²) in [6.45, 7) is 4.19. The third-order valence-corrected chi connectivity index (χ3v) is 3.88. The maximum absolute atomic E-state index is 12.3. The van der Waals surface area contributed by atoms with Crippen LogP contribution in [0, 0.1) is 0 Å². The molecule has 0 unspecified atom stereocenters. The first-order valence-corrected chi connectivity index (χ1v) is 8.06. The maximum Gasteiger partial charge on any atom is 0.290 e. The highest BCUT2D eigenvalue weighted by Crippen LogP contribution is 2.13. The summed E-state index contributed by atoms with van der Waals surface area (Å²) in [7, 11) is 1.68. The first kappa shape index (κ1) is 22.0. The van der Waals surface area contributed by atoms with Crippen molar-refractivity contribution in [2.24, 2.45) is 0 Å². The molecule has 27 heavy (non-hydrogen) atoms. The smallest absolute Gasteiger partial charge is 0.290 e. The van der Waals surface area contributed by atoms with Crippen LogP contribution in [0.15, 0.2) is 24.5 Å². The summed E-state index contributed by atoms with van der Waals surface area (Å²) in [4.78, 5) is 35.5. The number of nitrogens with one attached hydrogen (secondary N) is 1. The van der Waals surface area contributed by atoms with Crippen LogP contribution in [-0.4, -0.2) is 87.5 Å². The minimum Gasteiger partial charge on any atom is -0.483 e. The number of ether oxygens (including phenoxy) is 1. The number of hydrogen-bond donors (Lipinski definition) is 3. The van der Waals surface area contributed by atoms with E-state index in [1.807, 2.05) is 0 Å². The summed E-state index contributed by atoms with van der Waals surface area (Å²) in [6, 6.07) is 3.45. The quantitative estimate of drug-likeness (QED) is 0.601. The zero-order chi connectivity index (χ0) is 20.2. The number of fused-ring (bicyclic) bond motifs is 1. The highest BCUT2D eigenvalue weighted by molar-refractivity contribution is 5.93. The molecule has 1 saturated heterocycles. The van der Waals surface area contributed by atoms with E-state index >= 15 is 0 Å². The van der Waals surface area contributed by atoms with E-state index in [2.05, 4.69) is 27.2 Å². The molecule has 11 nitrogen and oxygen atoms in total. The second-order valence-electron chi connectivity index (χ2n) is 5.37. The number of hydrogen-bond acceptors (Lipinski definition) is 7. The van der Waals surface area contributed by atoms with E-state index in [9.17, 15) is 4.79 Å². The van der Waals surface area contributed by atoms with Gasteiger partial charge in [0.1, 0.15) is 0 Å². The number of rotatable bonds is 4. The van der Waals surface area contributed by atoms with Crippen molar-refractivity contribution >= 4 is 24.5 Å². The molecule has 1 aliphatic heterocycles. The molecule has 2 aromatic rings. The van der Waals surface area contributed by atoms with Crippen molar-refractivity contribution in [2.75, 3.05) is 26.7 Å². The van der Waals surface area contributed by atoms with Crippen molar-refractivity contribution in [1.29, 1.82) is 0 Å². The Bertz CT molecular complexity index is 698. The van der Waals surface area contributed by atoms with Gasteiger partial charge in [0.15, 0.2) is 11.3 Å². The number of carbonyl (C=O) groups is 3. The first-order valence-electron chi connectivity index (χ1n) is 8.06. The number of nitrogens with zero attached hydrogens (tertiary/aromatic N) is 4. The number of methoxy groups -OCH3 is 1. The lowest BCUT2D eigenvalue weighted by Crippen LogP contribution is -2.43. The number of aromatic nitrogens is 3. The lowest BCUT2D eigenvalue weighted by molar-refractivity contribution is -0.123. The van der Waals surface area contributed by atoms with E-state index in [0.717, 1.165) is 19.6 Å². The topological polar surface area (TPSA) is 146 Å². The van der Waals surface area contributed by atoms with Gasteiger partial charge in [0.25, 0.3) is 18.9 Å². The number of carboxylic acid groups (broad SMARTS) is 2. The fourth-order valence-corrected chi connectivity index (χ4v) is 2.67. The molecule has 2 aromatic heterocycles. The Kier molecular flexibility index (Phi) is 9.40. The van der Waals surface area contributed by atoms with E-state index in [1.54, 1.807) is 36.2 Å². The molecular weight excluding hydrogens is 358 g/mol. The maximum atomic E-state index is 12.3. The van der Waals surface area contributed by atoms with Crippen LogP contribution >= 0.6 is 0 Å². The average Bonchev–Trinajstić information content (AvgIpc) is 3.26. The summed E-state index contributed by atoms with van der Waals surface area (Å²) < 4.78 is 7.05. The first-order chi connectivity index (χ1) is 13.0. The van der Waals surface area contributed by atoms with E-state index in [0.29, 0.717) is 11.3 Å². The molecule has 0 spiro atoms. The van der Waals surface area contributed by atoms with E-state index in [1.165, 1.54) is 0 Å². The van der Waals surface area contributed by atoms with Gasteiger partial charge >= 0.3 is 0 Å². The molecule has 148 valence electrons. The normalized spacial score (nSPS) is 18.6. The lowest BCUT2D eigenvalue weighted by Gasteiger charge is -2.17. The molecular formula is C16H23N5O6. The fourth-order valence-electron chi connectivity index (χ4n) is 2.67. The summed E-state index contributed by atoms with van der Waals surface area (Å²) in [6.07, 6.45) is 3.46. The average molecular weight is 381 g/mol. The molecule has 2 atom stereocenters. The summed E-state index contributed by atoms with van der Waals surface area (Å²) in [5, 5.41) is 21.0. The molecule has 1 amide bonds. The van der Waals surface area contributed by atoms with Crippen molar-refractivity contribution < 1.29 is 29.3 Å². The predicted octanol–water partition coefficient (Wildman–Crippen LogP) is -0.420. The molecule has 11 heteroatoms. The highest BCUT2D eigenvalue weighted by Gasteiger charge is 2.33. The van der Waals surface area contributed by atoms with Gasteiger partial charge in [-0.15, -0.1) is 0 Å². The fraction of sp³-hybridized carbons (Fsp3) is 0.438. The van der Waals surface area contributed by atoms with Crippen LogP contribution < -0.4 is 5.32 Å². The van der Waals surface area contributed by atoms with Crippen LogP contribution in [0.25, 0.3) is 5.65 Å². The zero-order valence-electron chi connectivity index (χ0n) is 15.1. The van der Waals surface area contributed by atoms with Crippen LogP contribution in [0.1, 0.15) is 17.4 Å². The van der Waals surface area contributed by atoms with Crippen LogP contribution in [0.2, 0.25) is 0 Å². The lowest BCUT2D eigenvalue weighted by atomic mass is 10.2. The second-order valence-corrected chi connectivity index (χ2v) is 5.37. The minimum absolute atomic E-state index is 0.0137. The SMILES string of the molecule is CCN1C[C@H](NC(=O)c2cc3ncccn3n2)[C@@H](OC)C1.O=CO.O=CO. The zero-order valence-corrected chi connectivity index (χ0v) is 15.1. The van der Waals surface area contributed by atoms with Crippen molar-refractivity contribution in [1.82, 2.24) is 24.8 Å². The van der Waals surface area contributed by atoms with Gasteiger partial charge in [-0.2, -0.15) is 5.10 Å². The van der Waals surface area contributed by atoms with Gasteiger partial charge in [0.2, 0.25) is 0 Å². The largest absolute Gasteiger partial charge is 0.483 e. The van der Waals surface area contributed by atoms with Crippen LogP contribution in [0.4, 0.5) is 0 Å².